The summed E-state index contributed by atoms with van der Waals surface area (Å²) in [6.07, 6.45) is 1.77. The van der Waals surface area contributed by atoms with Crippen LogP contribution in [-0.2, 0) is 4.74 Å². The SMILES string of the molecule is COCCOc1ccc(N2C(=S)NC(c3ccccn3)C2c2ccc(-c3cccc(Cl)c3C)o2)cc1Cl. The monoisotopic (exact) mass is 553 g/mol. The van der Waals surface area contributed by atoms with Crippen LogP contribution in [0.4, 0.5) is 5.69 Å². The largest absolute Gasteiger partial charge is 0.490 e. The van der Waals surface area contributed by atoms with Gasteiger partial charge in [0.2, 0.25) is 0 Å². The first-order valence-electron chi connectivity index (χ1n) is 11.7. The fourth-order valence-electron chi connectivity index (χ4n) is 4.44. The summed E-state index contributed by atoms with van der Waals surface area (Å²) >= 11 is 18.8. The van der Waals surface area contributed by atoms with Gasteiger partial charge in [-0.25, -0.2) is 0 Å². The van der Waals surface area contributed by atoms with Crippen LogP contribution in [0.1, 0.15) is 29.1 Å². The number of halogens is 2. The lowest BCUT2D eigenvalue weighted by atomic mass is 10.0. The van der Waals surface area contributed by atoms with Gasteiger partial charge in [0.15, 0.2) is 5.11 Å². The van der Waals surface area contributed by atoms with Crippen LogP contribution in [-0.4, -0.2) is 30.4 Å². The fourth-order valence-corrected chi connectivity index (χ4v) is 5.19. The zero-order valence-corrected chi connectivity index (χ0v) is 22.6. The number of furan rings is 1. The minimum atomic E-state index is -0.313. The maximum Gasteiger partial charge on any atom is 0.174 e. The Balaban J connectivity index is 1.55. The summed E-state index contributed by atoms with van der Waals surface area (Å²) in [7, 11) is 1.63. The summed E-state index contributed by atoms with van der Waals surface area (Å²) < 4.78 is 17.3. The molecule has 37 heavy (non-hydrogen) atoms. The number of benzene rings is 2. The number of hydrogen-bond donors (Lipinski definition) is 1. The van der Waals surface area contributed by atoms with E-state index in [2.05, 4.69) is 10.3 Å². The van der Waals surface area contributed by atoms with E-state index in [1.54, 1.807) is 13.3 Å². The smallest absolute Gasteiger partial charge is 0.174 e. The highest BCUT2D eigenvalue weighted by molar-refractivity contribution is 7.80. The highest BCUT2D eigenvalue weighted by atomic mass is 35.5. The number of nitrogens with zero attached hydrogens (tertiary/aromatic N) is 2. The number of methoxy groups -OCH3 is 1. The second-order valence-electron chi connectivity index (χ2n) is 8.57. The fraction of sp³-hybridized carbons (Fsp3) is 0.214. The molecule has 2 unspecified atom stereocenters. The first kappa shape index (κ1) is 25.5. The maximum atomic E-state index is 6.59. The van der Waals surface area contributed by atoms with Gasteiger partial charge in [0, 0.05) is 29.6 Å². The topological polar surface area (TPSA) is 59.8 Å². The lowest BCUT2D eigenvalue weighted by molar-refractivity contribution is 0.146. The van der Waals surface area contributed by atoms with Crippen molar-refractivity contribution in [2.45, 2.75) is 19.0 Å². The number of aromatic nitrogens is 1. The van der Waals surface area contributed by atoms with E-state index in [0.29, 0.717) is 34.1 Å². The van der Waals surface area contributed by atoms with Crippen LogP contribution in [0.3, 0.4) is 0 Å². The normalized spacial score (nSPS) is 17.2. The van der Waals surface area contributed by atoms with Crippen molar-refractivity contribution in [3.63, 3.8) is 0 Å². The molecule has 190 valence electrons. The van der Waals surface area contributed by atoms with Crippen molar-refractivity contribution in [3.05, 3.63) is 100.0 Å². The lowest BCUT2D eigenvalue weighted by Crippen LogP contribution is -2.29. The Kier molecular flexibility index (Phi) is 7.67. The second kappa shape index (κ2) is 11.1. The molecule has 0 spiro atoms. The Hall–Kier alpha value is -3.10. The van der Waals surface area contributed by atoms with Crippen molar-refractivity contribution < 1.29 is 13.9 Å². The van der Waals surface area contributed by atoms with Crippen LogP contribution in [0.25, 0.3) is 11.3 Å². The van der Waals surface area contributed by atoms with Crippen molar-refractivity contribution in [2.24, 2.45) is 0 Å². The summed E-state index contributed by atoms with van der Waals surface area (Å²) in [5.74, 6) is 2.04. The van der Waals surface area contributed by atoms with Gasteiger partial charge in [0.25, 0.3) is 0 Å². The summed E-state index contributed by atoms with van der Waals surface area (Å²) in [4.78, 5) is 6.60. The first-order chi connectivity index (χ1) is 18.0. The number of pyridine rings is 1. The molecule has 3 heterocycles. The zero-order chi connectivity index (χ0) is 25.9. The molecule has 1 N–H and O–H groups in total. The average molecular weight is 554 g/mol. The minimum absolute atomic E-state index is 0.246. The van der Waals surface area contributed by atoms with Gasteiger partial charge in [-0.05, 0) is 73.2 Å². The van der Waals surface area contributed by atoms with Crippen LogP contribution >= 0.6 is 35.4 Å². The van der Waals surface area contributed by atoms with Crippen LogP contribution < -0.4 is 15.0 Å². The standard InChI is InChI=1S/C28H25Cl2N3O3S/c1-17-19(6-5-7-20(17)29)23-11-12-25(36-23)27-26(22-8-3-4-13-31-22)32-28(37)33(27)18-9-10-24(21(30)16-18)35-15-14-34-2/h3-13,16,26-27H,14-15H2,1-2H3,(H,32,37). The number of ether oxygens (including phenoxy) is 2. The Bertz CT molecular complexity index is 1410. The first-order valence-corrected chi connectivity index (χ1v) is 12.9. The molecule has 1 aliphatic rings. The Morgan fingerprint density at radius 2 is 1.89 bits per heavy atom. The third-order valence-corrected chi connectivity index (χ3v) is 7.31. The molecule has 1 fully saturated rings. The number of nitrogens with one attached hydrogen (secondary N) is 1. The summed E-state index contributed by atoms with van der Waals surface area (Å²) in [5.41, 5.74) is 3.55. The molecule has 2 aromatic heterocycles. The Labute approximate surface area is 231 Å². The maximum absolute atomic E-state index is 6.59. The molecule has 2 atom stereocenters. The Morgan fingerprint density at radius 3 is 2.65 bits per heavy atom. The van der Waals surface area contributed by atoms with Crippen LogP contribution in [0.15, 0.2) is 77.3 Å². The number of hydrogen-bond acceptors (Lipinski definition) is 5. The summed E-state index contributed by atoms with van der Waals surface area (Å²) in [6, 6.07) is 20.6. The van der Waals surface area contributed by atoms with Crippen LogP contribution in [0, 0.1) is 6.92 Å². The molecule has 2 aromatic carbocycles. The van der Waals surface area contributed by atoms with E-state index in [9.17, 15) is 0 Å². The summed E-state index contributed by atoms with van der Waals surface area (Å²) in [5, 5.41) is 5.15. The van der Waals surface area contributed by atoms with E-state index in [1.165, 1.54) is 0 Å². The Morgan fingerprint density at radius 1 is 1.03 bits per heavy atom. The zero-order valence-electron chi connectivity index (χ0n) is 20.3. The van der Waals surface area contributed by atoms with Gasteiger partial charge in [0.1, 0.15) is 29.9 Å². The van der Waals surface area contributed by atoms with E-state index in [-0.39, 0.29) is 12.1 Å². The third kappa shape index (κ3) is 5.18. The molecule has 5 rings (SSSR count). The summed E-state index contributed by atoms with van der Waals surface area (Å²) in [6.45, 7) is 2.86. The van der Waals surface area contributed by atoms with Crippen molar-refractivity contribution in [1.29, 1.82) is 0 Å². The van der Waals surface area contributed by atoms with Crippen molar-refractivity contribution in [2.75, 3.05) is 25.2 Å². The van der Waals surface area contributed by atoms with Crippen molar-refractivity contribution in [3.8, 4) is 17.1 Å². The highest BCUT2D eigenvalue weighted by Gasteiger charge is 2.42. The van der Waals surface area contributed by atoms with Gasteiger partial charge in [-0.2, -0.15) is 0 Å². The minimum Gasteiger partial charge on any atom is -0.490 e. The van der Waals surface area contributed by atoms with Crippen molar-refractivity contribution in [1.82, 2.24) is 10.3 Å². The average Bonchev–Trinajstić information content (AvgIpc) is 3.52. The van der Waals surface area contributed by atoms with Gasteiger partial charge >= 0.3 is 0 Å². The molecule has 0 saturated carbocycles. The number of anilines is 1. The quantitative estimate of drug-likeness (QED) is 0.183. The van der Waals surface area contributed by atoms with Crippen LogP contribution in [0.5, 0.6) is 5.75 Å². The van der Waals surface area contributed by atoms with E-state index >= 15 is 0 Å². The predicted molar refractivity (Wildman–Crippen MR) is 151 cm³/mol. The molecule has 0 amide bonds. The molecule has 1 aliphatic heterocycles. The third-order valence-electron chi connectivity index (χ3n) is 6.29. The molecule has 6 nitrogen and oxygen atoms in total. The van der Waals surface area contributed by atoms with Gasteiger partial charge in [-0.3, -0.25) is 4.98 Å². The molecule has 4 aromatic rings. The highest BCUT2D eigenvalue weighted by Crippen LogP contribution is 2.44. The molecule has 1 saturated heterocycles. The second-order valence-corrected chi connectivity index (χ2v) is 9.77. The molecular formula is C28H25Cl2N3O3S. The van der Waals surface area contributed by atoms with E-state index in [0.717, 1.165) is 34.0 Å². The lowest BCUT2D eigenvalue weighted by Gasteiger charge is -2.26. The van der Waals surface area contributed by atoms with Gasteiger partial charge in [0.05, 0.1) is 23.4 Å². The molecular weight excluding hydrogens is 529 g/mol. The van der Waals surface area contributed by atoms with Gasteiger partial charge in [-0.15, -0.1) is 0 Å². The van der Waals surface area contributed by atoms with E-state index in [1.807, 2.05) is 78.6 Å². The van der Waals surface area contributed by atoms with Gasteiger partial charge in [-0.1, -0.05) is 41.4 Å². The van der Waals surface area contributed by atoms with E-state index in [4.69, 9.17) is 49.3 Å². The molecule has 0 radical (unpaired) electrons. The van der Waals surface area contributed by atoms with Crippen molar-refractivity contribution >= 4 is 46.2 Å². The molecule has 0 bridgehead atoms. The molecule has 0 aliphatic carbocycles. The molecule has 9 heteroatoms. The van der Waals surface area contributed by atoms with Gasteiger partial charge < -0.3 is 24.1 Å². The number of rotatable bonds is 8. The predicted octanol–water partition coefficient (Wildman–Crippen LogP) is 7.16. The number of thiocarbonyl (C=S) groups is 1. The van der Waals surface area contributed by atoms with E-state index < -0.39 is 0 Å². The van der Waals surface area contributed by atoms with Crippen LogP contribution in [0.2, 0.25) is 10.0 Å².